The third kappa shape index (κ3) is 11.8. The first-order valence-electron chi connectivity index (χ1n) is 7.51. The van der Waals surface area contributed by atoms with Gasteiger partial charge in [0.25, 0.3) is 0 Å². The van der Waals surface area contributed by atoms with Gasteiger partial charge in [0.2, 0.25) is 0 Å². The van der Waals surface area contributed by atoms with E-state index in [4.69, 9.17) is 20.4 Å². The van der Waals surface area contributed by atoms with Gasteiger partial charge in [0, 0.05) is 0 Å². The summed E-state index contributed by atoms with van der Waals surface area (Å²) in [5, 5.41) is 62.6. The average Bonchev–Trinajstić information content (AvgIpc) is 2.57. The molecule has 25 heavy (non-hydrogen) atoms. The molecular formula is C14H28O11. The summed E-state index contributed by atoms with van der Waals surface area (Å²) in [6, 6.07) is 0. The quantitative estimate of drug-likeness (QED) is 0.197. The van der Waals surface area contributed by atoms with Crippen LogP contribution in [-0.2, 0) is 19.1 Å². The van der Waals surface area contributed by atoms with Crippen molar-refractivity contribution in [2.75, 3.05) is 19.8 Å². The molecule has 0 heterocycles. The van der Waals surface area contributed by atoms with Crippen molar-refractivity contribution in [3.8, 4) is 0 Å². The highest BCUT2D eigenvalue weighted by molar-refractivity contribution is 5.74. The highest BCUT2D eigenvalue weighted by Crippen LogP contribution is 2.06. The van der Waals surface area contributed by atoms with Gasteiger partial charge in [-0.1, -0.05) is 0 Å². The van der Waals surface area contributed by atoms with Gasteiger partial charge >= 0.3 is 11.9 Å². The molecule has 0 aliphatic heterocycles. The van der Waals surface area contributed by atoms with Crippen LogP contribution in [0.5, 0.6) is 0 Å². The molecule has 6 atom stereocenters. The van der Waals surface area contributed by atoms with Crippen molar-refractivity contribution in [2.24, 2.45) is 0 Å². The fourth-order valence-corrected chi connectivity index (χ4v) is 1.21. The van der Waals surface area contributed by atoms with Crippen molar-refractivity contribution in [3.63, 3.8) is 0 Å². The number of esters is 2. The van der Waals surface area contributed by atoms with E-state index < -0.39 is 61.8 Å². The number of carbonyl (C=O) groups is 2. The Morgan fingerprint density at radius 1 is 0.800 bits per heavy atom. The van der Waals surface area contributed by atoms with Crippen LogP contribution in [0, 0.1) is 0 Å². The molecule has 0 aliphatic carbocycles. The lowest BCUT2D eigenvalue weighted by molar-refractivity contribution is -0.163. The van der Waals surface area contributed by atoms with Crippen LogP contribution >= 0.6 is 0 Å². The molecule has 150 valence electrons. The SMILES string of the molecule is CC(O)C(=O)OC[C@H](O)[C@@H](O)[C@H](O)[C@H](O)CO.CCOC(=O)C(C)O. The van der Waals surface area contributed by atoms with E-state index in [1.165, 1.54) is 6.92 Å². The predicted molar refractivity (Wildman–Crippen MR) is 82.1 cm³/mol. The zero-order valence-corrected chi connectivity index (χ0v) is 14.3. The van der Waals surface area contributed by atoms with Crippen molar-refractivity contribution in [1.29, 1.82) is 0 Å². The molecule has 2 unspecified atom stereocenters. The summed E-state index contributed by atoms with van der Waals surface area (Å²) in [7, 11) is 0. The predicted octanol–water partition coefficient (Wildman–Crippen LogP) is -3.72. The first kappa shape index (κ1) is 25.9. The first-order valence-corrected chi connectivity index (χ1v) is 7.51. The first-order chi connectivity index (χ1) is 11.5. The van der Waals surface area contributed by atoms with Crippen LogP contribution in [0.3, 0.4) is 0 Å². The van der Waals surface area contributed by atoms with Crippen molar-refractivity contribution >= 4 is 11.9 Å². The molecule has 0 fully saturated rings. The number of aliphatic hydroxyl groups is 7. The molecule has 0 radical (unpaired) electrons. The Labute approximate surface area is 145 Å². The number of hydrogen-bond donors (Lipinski definition) is 7. The maximum Gasteiger partial charge on any atom is 0.334 e. The Morgan fingerprint density at radius 3 is 1.52 bits per heavy atom. The minimum absolute atomic E-state index is 0.323. The minimum Gasteiger partial charge on any atom is -0.464 e. The van der Waals surface area contributed by atoms with E-state index in [2.05, 4.69) is 9.47 Å². The standard InChI is InChI=1S/C9H18O8.C5H10O3/c1-4(11)9(16)17-3-6(13)8(15)7(14)5(12)2-10;1-3-8-5(7)4(2)6/h4-8,10-15H,2-3H2,1H3;4,6H,3H2,1-2H3/t4?,5-,6+,7-,8-;/m1./s1. The topological polar surface area (TPSA) is 194 Å². The van der Waals surface area contributed by atoms with Gasteiger partial charge in [-0.2, -0.15) is 0 Å². The largest absolute Gasteiger partial charge is 0.464 e. The molecule has 0 aromatic rings. The van der Waals surface area contributed by atoms with Gasteiger partial charge < -0.3 is 45.2 Å². The molecule has 0 aromatic carbocycles. The summed E-state index contributed by atoms with van der Waals surface area (Å²) in [4.78, 5) is 21.1. The fourth-order valence-electron chi connectivity index (χ4n) is 1.21. The Morgan fingerprint density at radius 2 is 1.20 bits per heavy atom. The van der Waals surface area contributed by atoms with Gasteiger partial charge in [-0.25, -0.2) is 9.59 Å². The van der Waals surface area contributed by atoms with E-state index in [-0.39, 0.29) is 0 Å². The maximum absolute atomic E-state index is 10.8. The lowest BCUT2D eigenvalue weighted by Gasteiger charge is -2.25. The molecule has 0 aliphatic rings. The Bertz CT molecular complexity index is 372. The summed E-state index contributed by atoms with van der Waals surface area (Å²) in [6.45, 7) is 3.11. The summed E-state index contributed by atoms with van der Waals surface area (Å²) < 4.78 is 8.81. The lowest BCUT2D eigenvalue weighted by atomic mass is 10.0. The minimum atomic E-state index is -1.79. The molecule has 0 bridgehead atoms. The van der Waals surface area contributed by atoms with Crippen molar-refractivity contribution in [3.05, 3.63) is 0 Å². The van der Waals surface area contributed by atoms with E-state index in [1.54, 1.807) is 6.92 Å². The van der Waals surface area contributed by atoms with Gasteiger partial charge in [0.05, 0.1) is 13.2 Å². The summed E-state index contributed by atoms with van der Waals surface area (Å²) in [5.41, 5.74) is 0. The Kier molecular flexibility index (Phi) is 14.4. The number of rotatable bonds is 9. The second-order valence-electron chi connectivity index (χ2n) is 5.03. The van der Waals surface area contributed by atoms with E-state index in [9.17, 15) is 24.9 Å². The smallest absolute Gasteiger partial charge is 0.334 e. The van der Waals surface area contributed by atoms with Crippen molar-refractivity contribution in [2.45, 2.75) is 57.4 Å². The normalized spacial score (nSPS) is 17.8. The molecule has 7 N–H and O–H groups in total. The molecule has 0 aromatic heterocycles. The molecule has 0 amide bonds. The third-order valence-electron chi connectivity index (χ3n) is 2.69. The van der Waals surface area contributed by atoms with Crippen LogP contribution in [0.4, 0.5) is 0 Å². The van der Waals surface area contributed by atoms with Crippen LogP contribution in [-0.4, -0.2) is 104 Å². The second-order valence-corrected chi connectivity index (χ2v) is 5.03. The second kappa shape index (κ2) is 13.9. The van der Waals surface area contributed by atoms with Gasteiger partial charge in [-0.3, -0.25) is 0 Å². The highest BCUT2D eigenvalue weighted by atomic mass is 16.6. The van der Waals surface area contributed by atoms with Crippen LogP contribution in [0.15, 0.2) is 0 Å². The molecule has 11 nitrogen and oxygen atoms in total. The maximum atomic E-state index is 10.8. The molecule has 0 rings (SSSR count). The van der Waals surface area contributed by atoms with Gasteiger partial charge in [0.15, 0.2) is 0 Å². The van der Waals surface area contributed by atoms with Crippen molar-refractivity contribution < 1.29 is 54.8 Å². The third-order valence-corrected chi connectivity index (χ3v) is 2.69. The number of hydrogen-bond acceptors (Lipinski definition) is 11. The van der Waals surface area contributed by atoms with Crippen LogP contribution in [0.1, 0.15) is 20.8 Å². The van der Waals surface area contributed by atoms with Gasteiger partial charge in [-0.15, -0.1) is 0 Å². The molecule has 0 saturated heterocycles. The van der Waals surface area contributed by atoms with E-state index in [0.29, 0.717) is 6.61 Å². The Balaban J connectivity index is 0. The Hall–Kier alpha value is -1.34. The van der Waals surface area contributed by atoms with E-state index >= 15 is 0 Å². The zero-order valence-electron chi connectivity index (χ0n) is 14.3. The van der Waals surface area contributed by atoms with E-state index in [1.807, 2.05) is 0 Å². The van der Waals surface area contributed by atoms with Crippen molar-refractivity contribution in [1.82, 2.24) is 0 Å². The number of carbonyl (C=O) groups excluding carboxylic acids is 2. The zero-order chi connectivity index (χ0) is 20.2. The van der Waals surface area contributed by atoms with Gasteiger partial charge in [-0.05, 0) is 20.8 Å². The van der Waals surface area contributed by atoms with E-state index in [0.717, 1.165) is 6.92 Å². The monoisotopic (exact) mass is 372 g/mol. The molecular weight excluding hydrogens is 344 g/mol. The number of ether oxygens (including phenoxy) is 2. The van der Waals surface area contributed by atoms with Crippen LogP contribution in [0.25, 0.3) is 0 Å². The lowest BCUT2D eigenvalue weighted by Crippen LogP contribution is -2.47. The van der Waals surface area contributed by atoms with Crippen LogP contribution < -0.4 is 0 Å². The highest BCUT2D eigenvalue weighted by Gasteiger charge is 2.30. The number of aliphatic hydroxyl groups excluding tert-OH is 7. The molecule has 11 heteroatoms. The molecule has 0 saturated carbocycles. The summed E-state index contributed by atoms with van der Waals surface area (Å²) in [6.07, 6.45) is -9.19. The van der Waals surface area contributed by atoms with Crippen LogP contribution in [0.2, 0.25) is 0 Å². The summed E-state index contributed by atoms with van der Waals surface area (Å²) >= 11 is 0. The fraction of sp³-hybridized carbons (Fsp3) is 0.857. The average molecular weight is 372 g/mol. The molecule has 0 spiro atoms. The summed E-state index contributed by atoms with van der Waals surface area (Å²) in [5.74, 6) is -1.55. The van der Waals surface area contributed by atoms with Gasteiger partial charge in [0.1, 0.15) is 43.2 Å².